The van der Waals surface area contributed by atoms with Gasteiger partial charge in [0, 0.05) is 0 Å². The highest BCUT2D eigenvalue weighted by Crippen LogP contribution is 2.19. The first kappa shape index (κ1) is 12.0. The molecule has 0 fully saturated rings. The third-order valence-corrected chi connectivity index (χ3v) is 1.79. The molecule has 1 aromatic rings. The second kappa shape index (κ2) is 5.13. The van der Waals surface area contributed by atoms with Crippen LogP contribution in [0.2, 0.25) is 0 Å². The minimum atomic E-state index is -1.28. The Hall–Kier alpha value is -2.08. The molecule has 1 rings (SSSR count). The fourth-order valence-electron chi connectivity index (χ4n) is 1.06. The van der Waals surface area contributed by atoms with Crippen molar-refractivity contribution < 1.29 is 29.6 Å². The number of phenols is 1. The monoisotopic (exact) mass is 226 g/mol. The number of aromatic carboxylic acids is 1. The molecule has 6 nitrogen and oxygen atoms in total. The number of esters is 1. The van der Waals surface area contributed by atoms with Gasteiger partial charge < -0.3 is 20.1 Å². The fourth-order valence-corrected chi connectivity index (χ4v) is 1.06. The van der Waals surface area contributed by atoms with E-state index in [1.165, 1.54) is 6.07 Å². The summed E-state index contributed by atoms with van der Waals surface area (Å²) in [6, 6.07) is 3.33. The van der Waals surface area contributed by atoms with E-state index in [-0.39, 0.29) is 24.3 Å². The summed E-state index contributed by atoms with van der Waals surface area (Å²) in [7, 11) is 0. The Balaban J connectivity index is 2.88. The number of aliphatic hydroxyl groups is 1. The first-order valence-corrected chi connectivity index (χ1v) is 4.40. The molecule has 0 atom stereocenters. The molecule has 3 N–H and O–H groups in total. The van der Waals surface area contributed by atoms with E-state index < -0.39 is 17.7 Å². The van der Waals surface area contributed by atoms with Crippen molar-refractivity contribution in [2.75, 3.05) is 13.2 Å². The summed E-state index contributed by atoms with van der Waals surface area (Å²) in [4.78, 5) is 21.8. The summed E-state index contributed by atoms with van der Waals surface area (Å²) >= 11 is 0. The Bertz CT molecular complexity index is 412. The van der Waals surface area contributed by atoms with Crippen LogP contribution in [0.4, 0.5) is 0 Å². The van der Waals surface area contributed by atoms with Crippen molar-refractivity contribution in [3.8, 4) is 5.75 Å². The lowest BCUT2D eigenvalue weighted by Crippen LogP contribution is -2.09. The van der Waals surface area contributed by atoms with E-state index in [2.05, 4.69) is 4.74 Å². The van der Waals surface area contributed by atoms with Gasteiger partial charge in [0.1, 0.15) is 17.9 Å². The first-order chi connectivity index (χ1) is 7.56. The Morgan fingerprint density at radius 2 is 2.00 bits per heavy atom. The molecule has 86 valence electrons. The molecule has 0 saturated heterocycles. The third-order valence-electron chi connectivity index (χ3n) is 1.79. The van der Waals surface area contributed by atoms with Gasteiger partial charge in [-0.25, -0.2) is 9.59 Å². The molecule has 0 aromatic heterocycles. The molecule has 0 heterocycles. The van der Waals surface area contributed by atoms with E-state index in [1.807, 2.05) is 0 Å². The van der Waals surface area contributed by atoms with Gasteiger partial charge in [-0.1, -0.05) is 0 Å². The second-order valence-corrected chi connectivity index (χ2v) is 2.90. The van der Waals surface area contributed by atoms with E-state index in [4.69, 9.17) is 10.2 Å². The standard InChI is InChI=1S/C10H10O6/c11-3-4-16-10(15)6-1-2-7(9(13)14)8(12)5-6/h1-2,5,11-12H,3-4H2,(H,13,14). The number of hydrogen-bond acceptors (Lipinski definition) is 5. The van der Waals surface area contributed by atoms with E-state index in [0.717, 1.165) is 12.1 Å². The van der Waals surface area contributed by atoms with Crippen molar-refractivity contribution in [3.05, 3.63) is 29.3 Å². The van der Waals surface area contributed by atoms with Crippen LogP contribution in [-0.2, 0) is 4.74 Å². The normalized spacial score (nSPS) is 9.81. The van der Waals surface area contributed by atoms with Gasteiger partial charge >= 0.3 is 11.9 Å². The molecular formula is C10H10O6. The minimum absolute atomic E-state index is 0.0240. The van der Waals surface area contributed by atoms with Crippen molar-refractivity contribution >= 4 is 11.9 Å². The van der Waals surface area contributed by atoms with Crippen molar-refractivity contribution in [2.24, 2.45) is 0 Å². The van der Waals surface area contributed by atoms with Crippen molar-refractivity contribution in [1.29, 1.82) is 0 Å². The zero-order chi connectivity index (χ0) is 12.1. The van der Waals surface area contributed by atoms with Crippen LogP contribution in [0.1, 0.15) is 20.7 Å². The summed E-state index contributed by atoms with van der Waals surface area (Å²) in [5.74, 6) is -2.53. The van der Waals surface area contributed by atoms with Crippen LogP contribution in [0, 0.1) is 0 Å². The third kappa shape index (κ3) is 2.71. The zero-order valence-electron chi connectivity index (χ0n) is 8.21. The molecule has 1 aromatic carbocycles. The minimum Gasteiger partial charge on any atom is -0.507 e. The maximum atomic E-state index is 11.2. The molecule has 6 heteroatoms. The van der Waals surface area contributed by atoms with Gasteiger partial charge in [0.05, 0.1) is 12.2 Å². The van der Waals surface area contributed by atoms with Crippen LogP contribution in [0.15, 0.2) is 18.2 Å². The largest absolute Gasteiger partial charge is 0.507 e. The smallest absolute Gasteiger partial charge is 0.339 e. The highest BCUT2D eigenvalue weighted by Gasteiger charge is 2.13. The maximum absolute atomic E-state index is 11.2. The van der Waals surface area contributed by atoms with Crippen LogP contribution < -0.4 is 0 Å². The zero-order valence-corrected chi connectivity index (χ0v) is 8.21. The van der Waals surface area contributed by atoms with Crippen LogP contribution in [0.25, 0.3) is 0 Å². The van der Waals surface area contributed by atoms with Gasteiger partial charge in [-0.3, -0.25) is 0 Å². The molecule has 0 aliphatic carbocycles. The number of carboxylic acid groups (broad SMARTS) is 1. The molecule has 0 bridgehead atoms. The number of aliphatic hydroxyl groups excluding tert-OH is 1. The summed E-state index contributed by atoms with van der Waals surface area (Å²) in [6.45, 7) is -0.453. The number of carbonyl (C=O) groups is 2. The molecular weight excluding hydrogens is 216 g/mol. The van der Waals surface area contributed by atoms with E-state index in [0.29, 0.717) is 0 Å². The molecule has 0 radical (unpaired) electrons. The lowest BCUT2D eigenvalue weighted by molar-refractivity contribution is 0.0432. The van der Waals surface area contributed by atoms with E-state index in [1.54, 1.807) is 0 Å². The molecule has 16 heavy (non-hydrogen) atoms. The van der Waals surface area contributed by atoms with Crippen LogP contribution in [0.3, 0.4) is 0 Å². The molecule has 0 amide bonds. The Kier molecular flexibility index (Phi) is 3.84. The summed E-state index contributed by atoms with van der Waals surface area (Å²) < 4.78 is 4.59. The molecule has 0 aliphatic rings. The Labute approximate surface area is 90.7 Å². The lowest BCUT2D eigenvalue weighted by atomic mass is 10.1. The van der Waals surface area contributed by atoms with Crippen LogP contribution >= 0.6 is 0 Å². The predicted molar refractivity (Wildman–Crippen MR) is 52.4 cm³/mol. The van der Waals surface area contributed by atoms with Crippen molar-refractivity contribution in [1.82, 2.24) is 0 Å². The molecule has 0 spiro atoms. The van der Waals surface area contributed by atoms with Gasteiger partial charge in [-0.15, -0.1) is 0 Å². The average molecular weight is 226 g/mol. The number of benzene rings is 1. The number of carboxylic acids is 1. The van der Waals surface area contributed by atoms with E-state index in [9.17, 15) is 14.7 Å². The van der Waals surface area contributed by atoms with Crippen molar-refractivity contribution in [2.45, 2.75) is 0 Å². The average Bonchev–Trinajstić information content (AvgIpc) is 2.25. The number of aromatic hydroxyl groups is 1. The molecule has 0 aliphatic heterocycles. The quantitative estimate of drug-likeness (QED) is 0.635. The van der Waals surface area contributed by atoms with Gasteiger partial charge in [-0.2, -0.15) is 0 Å². The number of ether oxygens (including phenoxy) is 1. The van der Waals surface area contributed by atoms with Gasteiger partial charge in [-0.05, 0) is 18.2 Å². The Morgan fingerprint density at radius 1 is 1.31 bits per heavy atom. The summed E-state index contributed by atoms with van der Waals surface area (Å²) in [5.41, 5.74) is -0.269. The first-order valence-electron chi connectivity index (χ1n) is 4.40. The topological polar surface area (TPSA) is 104 Å². The Morgan fingerprint density at radius 3 is 2.50 bits per heavy atom. The van der Waals surface area contributed by atoms with Crippen LogP contribution in [-0.4, -0.2) is 40.5 Å². The predicted octanol–water partition coefficient (Wildman–Crippen LogP) is 0.239. The maximum Gasteiger partial charge on any atom is 0.339 e. The number of rotatable bonds is 4. The van der Waals surface area contributed by atoms with Crippen LogP contribution in [0.5, 0.6) is 5.75 Å². The van der Waals surface area contributed by atoms with Crippen molar-refractivity contribution in [3.63, 3.8) is 0 Å². The van der Waals surface area contributed by atoms with Gasteiger partial charge in [0.2, 0.25) is 0 Å². The van der Waals surface area contributed by atoms with Gasteiger partial charge in [0.15, 0.2) is 0 Å². The highest BCUT2D eigenvalue weighted by molar-refractivity contribution is 5.95. The number of hydrogen-bond donors (Lipinski definition) is 3. The lowest BCUT2D eigenvalue weighted by Gasteiger charge is -2.04. The van der Waals surface area contributed by atoms with E-state index >= 15 is 0 Å². The molecule has 0 unspecified atom stereocenters. The van der Waals surface area contributed by atoms with Gasteiger partial charge in [0.25, 0.3) is 0 Å². The second-order valence-electron chi connectivity index (χ2n) is 2.90. The number of carbonyl (C=O) groups excluding carboxylic acids is 1. The summed E-state index contributed by atoms with van der Waals surface area (Å²) in [6.07, 6.45) is 0. The summed E-state index contributed by atoms with van der Waals surface area (Å²) in [5, 5.41) is 26.4. The fraction of sp³-hybridized carbons (Fsp3) is 0.200. The molecule has 0 saturated carbocycles. The SMILES string of the molecule is O=C(OCCO)c1ccc(C(=O)O)c(O)c1. The highest BCUT2D eigenvalue weighted by atomic mass is 16.5.